The lowest BCUT2D eigenvalue weighted by Crippen LogP contribution is -2.26. The van der Waals surface area contributed by atoms with E-state index in [1.807, 2.05) is 12.1 Å². The lowest BCUT2D eigenvalue weighted by Gasteiger charge is -2.25. The van der Waals surface area contributed by atoms with Crippen molar-refractivity contribution >= 4 is 0 Å². The molecule has 0 unspecified atom stereocenters. The molecule has 0 spiro atoms. The summed E-state index contributed by atoms with van der Waals surface area (Å²) in [6.45, 7) is 2.18. The van der Waals surface area contributed by atoms with Gasteiger partial charge in [0.15, 0.2) is 11.5 Å². The summed E-state index contributed by atoms with van der Waals surface area (Å²) in [5.74, 6) is 2.32. The van der Waals surface area contributed by atoms with Gasteiger partial charge in [-0.25, -0.2) is 0 Å². The Hall–Kier alpha value is -1.22. The van der Waals surface area contributed by atoms with Gasteiger partial charge in [0.1, 0.15) is 0 Å². The van der Waals surface area contributed by atoms with Gasteiger partial charge in [-0.15, -0.1) is 0 Å². The molecule has 3 nitrogen and oxygen atoms in total. The summed E-state index contributed by atoms with van der Waals surface area (Å²) in [5.41, 5.74) is 1.28. The maximum Gasteiger partial charge on any atom is 0.164 e. The number of rotatable bonds is 3. The van der Waals surface area contributed by atoms with E-state index >= 15 is 0 Å². The van der Waals surface area contributed by atoms with Gasteiger partial charge in [-0.05, 0) is 37.9 Å². The Morgan fingerprint density at radius 1 is 1.12 bits per heavy atom. The van der Waals surface area contributed by atoms with Crippen molar-refractivity contribution in [2.75, 3.05) is 27.3 Å². The van der Waals surface area contributed by atoms with Gasteiger partial charge in [0, 0.05) is 5.56 Å². The van der Waals surface area contributed by atoms with Crippen LogP contribution in [0.15, 0.2) is 18.2 Å². The smallest absolute Gasteiger partial charge is 0.164 e. The number of ether oxygens (including phenoxy) is 2. The monoisotopic (exact) mass is 221 g/mol. The fraction of sp³-hybridized carbons (Fsp3) is 0.538. The van der Waals surface area contributed by atoms with Crippen LogP contribution in [-0.2, 0) is 0 Å². The van der Waals surface area contributed by atoms with Crippen molar-refractivity contribution in [1.29, 1.82) is 0 Å². The van der Waals surface area contributed by atoms with Gasteiger partial charge in [-0.2, -0.15) is 0 Å². The molecular formula is C13H19NO2. The maximum atomic E-state index is 5.48. The zero-order chi connectivity index (χ0) is 11.4. The van der Waals surface area contributed by atoms with E-state index in [-0.39, 0.29) is 0 Å². The largest absolute Gasteiger partial charge is 0.493 e. The number of hydrogen-bond donors (Lipinski definition) is 1. The highest BCUT2D eigenvalue weighted by Gasteiger charge is 2.20. The van der Waals surface area contributed by atoms with E-state index < -0.39 is 0 Å². The highest BCUT2D eigenvalue weighted by atomic mass is 16.5. The lowest BCUT2D eigenvalue weighted by atomic mass is 9.89. The van der Waals surface area contributed by atoms with Crippen molar-refractivity contribution in [3.05, 3.63) is 23.8 Å². The van der Waals surface area contributed by atoms with Crippen LogP contribution in [0.1, 0.15) is 24.3 Å². The second-order valence-corrected chi connectivity index (χ2v) is 4.11. The molecule has 0 aliphatic carbocycles. The van der Waals surface area contributed by atoms with E-state index in [1.165, 1.54) is 18.4 Å². The third-order valence-electron chi connectivity index (χ3n) is 3.21. The first-order valence-electron chi connectivity index (χ1n) is 5.78. The second-order valence-electron chi connectivity index (χ2n) is 4.11. The van der Waals surface area contributed by atoms with E-state index in [0.29, 0.717) is 5.92 Å². The van der Waals surface area contributed by atoms with Crippen LogP contribution in [-0.4, -0.2) is 27.3 Å². The fourth-order valence-corrected chi connectivity index (χ4v) is 2.37. The number of para-hydroxylation sites is 1. The highest BCUT2D eigenvalue weighted by Crippen LogP contribution is 2.38. The number of piperidine rings is 1. The zero-order valence-electron chi connectivity index (χ0n) is 9.95. The summed E-state index contributed by atoms with van der Waals surface area (Å²) >= 11 is 0. The molecule has 0 radical (unpaired) electrons. The summed E-state index contributed by atoms with van der Waals surface area (Å²) in [4.78, 5) is 0. The van der Waals surface area contributed by atoms with Crippen LogP contribution >= 0.6 is 0 Å². The predicted molar refractivity (Wildman–Crippen MR) is 64.4 cm³/mol. The molecule has 16 heavy (non-hydrogen) atoms. The Labute approximate surface area is 96.8 Å². The number of benzene rings is 1. The molecule has 1 fully saturated rings. The first kappa shape index (κ1) is 11.3. The summed E-state index contributed by atoms with van der Waals surface area (Å²) in [6, 6.07) is 6.14. The molecule has 1 heterocycles. The average Bonchev–Trinajstić information content (AvgIpc) is 2.38. The van der Waals surface area contributed by atoms with Gasteiger partial charge in [0.2, 0.25) is 0 Å². The first-order valence-corrected chi connectivity index (χ1v) is 5.78. The van der Waals surface area contributed by atoms with Crippen LogP contribution in [0.4, 0.5) is 0 Å². The fourth-order valence-electron chi connectivity index (χ4n) is 2.37. The van der Waals surface area contributed by atoms with Crippen molar-refractivity contribution in [2.45, 2.75) is 18.8 Å². The SMILES string of the molecule is COc1cccc(C2CCNCC2)c1OC. The third-order valence-corrected chi connectivity index (χ3v) is 3.21. The lowest BCUT2D eigenvalue weighted by molar-refractivity contribution is 0.344. The van der Waals surface area contributed by atoms with E-state index in [9.17, 15) is 0 Å². The molecule has 2 rings (SSSR count). The number of methoxy groups -OCH3 is 2. The van der Waals surface area contributed by atoms with Crippen LogP contribution in [0.3, 0.4) is 0 Å². The van der Waals surface area contributed by atoms with Gasteiger partial charge in [0.05, 0.1) is 14.2 Å². The van der Waals surface area contributed by atoms with Gasteiger partial charge in [-0.1, -0.05) is 12.1 Å². The van der Waals surface area contributed by atoms with Crippen LogP contribution < -0.4 is 14.8 Å². The van der Waals surface area contributed by atoms with E-state index in [0.717, 1.165) is 24.6 Å². The predicted octanol–water partition coefficient (Wildman–Crippen LogP) is 2.17. The highest BCUT2D eigenvalue weighted by molar-refractivity contribution is 5.48. The van der Waals surface area contributed by atoms with Gasteiger partial charge < -0.3 is 14.8 Å². The van der Waals surface area contributed by atoms with Gasteiger partial charge in [-0.3, -0.25) is 0 Å². The number of hydrogen-bond acceptors (Lipinski definition) is 3. The minimum Gasteiger partial charge on any atom is -0.493 e. The Balaban J connectivity index is 2.30. The summed E-state index contributed by atoms with van der Waals surface area (Å²) < 4.78 is 10.8. The maximum absolute atomic E-state index is 5.48. The van der Waals surface area contributed by atoms with E-state index in [1.54, 1.807) is 14.2 Å². The second kappa shape index (κ2) is 5.21. The molecule has 0 saturated carbocycles. The van der Waals surface area contributed by atoms with Crippen molar-refractivity contribution in [3.8, 4) is 11.5 Å². The first-order chi connectivity index (χ1) is 7.86. The van der Waals surface area contributed by atoms with E-state index in [2.05, 4.69) is 11.4 Å². The standard InChI is InChI=1S/C13H19NO2/c1-15-12-5-3-4-11(13(12)16-2)10-6-8-14-9-7-10/h3-5,10,14H,6-9H2,1-2H3. The Bertz CT molecular complexity index is 346. The Kier molecular flexibility index (Phi) is 3.67. The molecule has 3 heteroatoms. The Morgan fingerprint density at radius 3 is 2.50 bits per heavy atom. The van der Waals surface area contributed by atoms with Crippen molar-refractivity contribution in [1.82, 2.24) is 5.32 Å². The van der Waals surface area contributed by atoms with Crippen LogP contribution in [0.5, 0.6) is 11.5 Å². The minimum absolute atomic E-state index is 0.589. The average molecular weight is 221 g/mol. The minimum atomic E-state index is 0.589. The molecule has 88 valence electrons. The molecule has 0 aromatic heterocycles. The number of nitrogens with one attached hydrogen (secondary N) is 1. The molecule has 0 bridgehead atoms. The van der Waals surface area contributed by atoms with Crippen molar-refractivity contribution in [3.63, 3.8) is 0 Å². The molecule has 0 atom stereocenters. The van der Waals surface area contributed by atoms with Crippen LogP contribution in [0.2, 0.25) is 0 Å². The summed E-state index contributed by atoms with van der Waals surface area (Å²) in [6.07, 6.45) is 2.34. The summed E-state index contributed by atoms with van der Waals surface area (Å²) in [7, 11) is 3.40. The van der Waals surface area contributed by atoms with Crippen molar-refractivity contribution in [2.24, 2.45) is 0 Å². The molecule has 1 saturated heterocycles. The van der Waals surface area contributed by atoms with E-state index in [4.69, 9.17) is 9.47 Å². The molecular weight excluding hydrogens is 202 g/mol. The molecule has 0 amide bonds. The molecule has 1 aliphatic rings. The molecule has 1 aliphatic heterocycles. The summed E-state index contributed by atoms with van der Waals surface area (Å²) in [5, 5.41) is 3.38. The third kappa shape index (κ3) is 2.14. The van der Waals surface area contributed by atoms with Gasteiger partial charge >= 0.3 is 0 Å². The Morgan fingerprint density at radius 2 is 1.88 bits per heavy atom. The topological polar surface area (TPSA) is 30.5 Å². The quantitative estimate of drug-likeness (QED) is 0.848. The van der Waals surface area contributed by atoms with Gasteiger partial charge in [0.25, 0.3) is 0 Å². The van der Waals surface area contributed by atoms with Crippen molar-refractivity contribution < 1.29 is 9.47 Å². The molecule has 1 N–H and O–H groups in total. The molecule has 1 aromatic rings. The molecule has 1 aromatic carbocycles. The zero-order valence-corrected chi connectivity index (χ0v) is 9.95. The van der Waals surface area contributed by atoms with Crippen LogP contribution in [0, 0.1) is 0 Å². The van der Waals surface area contributed by atoms with Crippen LogP contribution in [0.25, 0.3) is 0 Å². The normalized spacial score (nSPS) is 17.1.